The van der Waals surface area contributed by atoms with E-state index in [9.17, 15) is 0 Å². The van der Waals surface area contributed by atoms with E-state index in [-0.39, 0.29) is 5.54 Å². The second-order valence-corrected chi connectivity index (χ2v) is 6.72. The molecule has 4 heteroatoms. The van der Waals surface area contributed by atoms with E-state index in [1.807, 2.05) is 18.5 Å². The number of hydrogen-bond donors (Lipinski definition) is 1. The highest BCUT2D eigenvalue weighted by Gasteiger charge is 2.12. The molecule has 1 N–H and O–H groups in total. The molecule has 0 saturated heterocycles. The Morgan fingerprint density at radius 1 is 1.26 bits per heavy atom. The first kappa shape index (κ1) is 14.2. The summed E-state index contributed by atoms with van der Waals surface area (Å²) in [6, 6.07) is 4.11. The molecule has 2 aromatic rings. The van der Waals surface area contributed by atoms with Crippen LogP contribution in [0.4, 0.5) is 0 Å². The summed E-state index contributed by atoms with van der Waals surface area (Å²) in [5, 5.41) is 4.50. The monoisotopic (exact) mass is 275 g/mol. The first-order valence-corrected chi connectivity index (χ1v) is 7.45. The fraction of sp³-hybridized carbons (Fsp3) is 0.467. The normalized spacial score (nSPS) is 11.8. The topological polar surface area (TPSA) is 37.8 Å². The Bertz CT molecular complexity index is 540. The molecule has 102 valence electrons. The zero-order valence-electron chi connectivity index (χ0n) is 12.0. The summed E-state index contributed by atoms with van der Waals surface area (Å²) in [5.74, 6) is 0. The van der Waals surface area contributed by atoms with Gasteiger partial charge in [0.2, 0.25) is 0 Å². The largest absolute Gasteiger partial charge is 0.307 e. The van der Waals surface area contributed by atoms with Gasteiger partial charge in [0.05, 0.1) is 0 Å². The quantitative estimate of drug-likeness (QED) is 0.925. The number of rotatable bonds is 4. The third kappa shape index (κ3) is 3.85. The second kappa shape index (κ2) is 5.80. The number of nitrogens with zero attached hydrogens (tertiary/aromatic N) is 2. The standard InChI is InChI=1S/C15H21N3S/c1-5-11-7-6-8-16-13(11)14-17-9-12(19-14)10-18-15(2,3)4/h6-9,18H,5,10H2,1-4H3. The fourth-order valence-electron chi connectivity index (χ4n) is 1.77. The maximum Gasteiger partial charge on any atom is 0.142 e. The van der Waals surface area contributed by atoms with Crippen LogP contribution in [-0.2, 0) is 13.0 Å². The Morgan fingerprint density at radius 2 is 2.05 bits per heavy atom. The van der Waals surface area contributed by atoms with Gasteiger partial charge in [0.25, 0.3) is 0 Å². The molecule has 0 aliphatic carbocycles. The smallest absolute Gasteiger partial charge is 0.142 e. The van der Waals surface area contributed by atoms with Crippen molar-refractivity contribution < 1.29 is 0 Å². The van der Waals surface area contributed by atoms with Crippen LogP contribution in [0.25, 0.3) is 10.7 Å². The Kier molecular flexibility index (Phi) is 4.32. The molecule has 2 aromatic heterocycles. The van der Waals surface area contributed by atoms with Crippen LogP contribution in [0.2, 0.25) is 0 Å². The Labute approximate surface area is 119 Å². The first-order valence-electron chi connectivity index (χ1n) is 6.63. The minimum absolute atomic E-state index is 0.129. The molecule has 0 spiro atoms. The van der Waals surface area contributed by atoms with Gasteiger partial charge in [-0.3, -0.25) is 4.98 Å². The predicted molar refractivity (Wildman–Crippen MR) is 81.3 cm³/mol. The lowest BCUT2D eigenvalue weighted by molar-refractivity contribution is 0.426. The van der Waals surface area contributed by atoms with Gasteiger partial charge in [-0.2, -0.15) is 0 Å². The summed E-state index contributed by atoms with van der Waals surface area (Å²) in [4.78, 5) is 10.2. The second-order valence-electron chi connectivity index (χ2n) is 5.60. The molecule has 3 nitrogen and oxygen atoms in total. The van der Waals surface area contributed by atoms with Gasteiger partial charge in [-0.05, 0) is 38.8 Å². The molecule has 0 aliphatic rings. The fourth-order valence-corrected chi connectivity index (χ4v) is 2.65. The maximum absolute atomic E-state index is 4.51. The molecule has 0 aromatic carbocycles. The van der Waals surface area contributed by atoms with Crippen molar-refractivity contribution >= 4 is 11.3 Å². The average Bonchev–Trinajstić information content (AvgIpc) is 2.84. The molecule has 0 radical (unpaired) electrons. The Balaban J connectivity index is 2.17. The van der Waals surface area contributed by atoms with E-state index in [2.05, 4.69) is 49.0 Å². The third-order valence-electron chi connectivity index (χ3n) is 2.82. The molecule has 19 heavy (non-hydrogen) atoms. The molecule has 2 rings (SSSR count). The SMILES string of the molecule is CCc1cccnc1-c1ncc(CNC(C)(C)C)s1. The summed E-state index contributed by atoms with van der Waals surface area (Å²) in [5.41, 5.74) is 2.41. The van der Waals surface area contributed by atoms with Crippen molar-refractivity contribution in [3.8, 4) is 10.7 Å². The van der Waals surface area contributed by atoms with E-state index in [0.717, 1.165) is 23.7 Å². The summed E-state index contributed by atoms with van der Waals surface area (Å²) in [6.45, 7) is 9.51. The van der Waals surface area contributed by atoms with E-state index in [4.69, 9.17) is 0 Å². The lowest BCUT2D eigenvalue weighted by Crippen LogP contribution is -2.34. The van der Waals surface area contributed by atoms with Gasteiger partial charge < -0.3 is 5.32 Å². The molecule has 0 amide bonds. The van der Waals surface area contributed by atoms with Crippen LogP contribution in [-0.4, -0.2) is 15.5 Å². The van der Waals surface area contributed by atoms with Crippen LogP contribution in [0.15, 0.2) is 24.5 Å². The Morgan fingerprint density at radius 3 is 2.74 bits per heavy atom. The molecular formula is C15H21N3S. The molecule has 0 atom stereocenters. The van der Waals surface area contributed by atoms with E-state index in [0.29, 0.717) is 0 Å². The highest BCUT2D eigenvalue weighted by atomic mass is 32.1. The minimum Gasteiger partial charge on any atom is -0.307 e. The van der Waals surface area contributed by atoms with Gasteiger partial charge in [0.15, 0.2) is 0 Å². The van der Waals surface area contributed by atoms with Crippen molar-refractivity contribution in [2.45, 2.75) is 46.2 Å². The van der Waals surface area contributed by atoms with Crippen molar-refractivity contribution in [1.29, 1.82) is 0 Å². The zero-order chi connectivity index (χ0) is 13.9. The number of hydrogen-bond acceptors (Lipinski definition) is 4. The zero-order valence-corrected chi connectivity index (χ0v) is 12.8. The number of nitrogens with one attached hydrogen (secondary N) is 1. The summed E-state index contributed by atoms with van der Waals surface area (Å²) in [7, 11) is 0. The van der Waals surface area contributed by atoms with E-state index in [1.165, 1.54) is 10.4 Å². The lowest BCUT2D eigenvalue weighted by Gasteiger charge is -2.19. The molecule has 0 saturated carbocycles. The van der Waals surface area contributed by atoms with Crippen LogP contribution >= 0.6 is 11.3 Å². The third-order valence-corrected chi connectivity index (χ3v) is 3.83. The van der Waals surface area contributed by atoms with Crippen molar-refractivity contribution in [3.05, 3.63) is 35.0 Å². The summed E-state index contributed by atoms with van der Waals surface area (Å²) < 4.78 is 0. The summed E-state index contributed by atoms with van der Waals surface area (Å²) >= 11 is 1.72. The molecule has 2 heterocycles. The molecule has 0 bridgehead atoms. The van der Waals surface area contributed by atoms with E-state index >= 15 is 0 Å². The predicted octanol–water partition coefficient (Wildman–Crippen LogP) is 3.66. The molecule has 0 fully saturated rings. The van der Waals surface area contributed by atoms with Crippen molar-refractivity contribution in [2.75, 3.05) is 0 Å². The highest BCUT2D eigenvalue weighted by molar-refractivity contribution is 7.15. The lowest BCUT2D eigenvalue weighted by atomic mass is 10.1. The molecular weight excluding hydrogens is 254 g/mol. The molecule has 0 aliphatic heterocycles. The molecule has 0 unspecified atom stereocenters. The summed E-state index contributed by atoms with van der Waals surface area (Å²) in [6.07, 6.45) is 4.77. The van der Waals surface area contributed by atoms with Gasteiger partial charge in [0.1, 0.15) is 10.7 Å². The van der Waals surface area contributed by atoms with Crippen molar-refractivity contribution in [1.82, 2.24) is 15.3 Å². The number of aryl methyl sites for hydroxylation is 1. The highest BCUT2D eigenvalue weighted by Crippen LogP contribution is 2.26. The number of pyridine rings is 1. The van der Waals surface area contributed by atoms with Crippen LogP contribution < -0.4 is 5.32 Å². The van der Waals surface area contributed by atoms with Gasteiger partial charge in [-0.1, -0.05) is 13.0 Å². The van der Waals surface area contributed by atoms with Crippen molar-refractivity contribution in [2.24, 2.45) is 0 Å². The van der Waals surface area contributed by atoms with Gasteiger partial charge in [-0.25, -0.2) is 4.98 Å². The van der Waals surface area contributed by atoms with E-state index < -0.39 is 0 Å². The van der Waals surface area contributed by atoms with Gasteiger partial charge in [0, 0.05) is 29.4 Å². The van der Waals surface area contributed by atoms with Crippen molar-refractivity contribution in [3.63, 3.8) is 0 Å². The van der Waals surface area contributed by atoms with E-state index in [1.54, 1.807) is 11.3 Å². The minimum atomic E-state index is 0.129. The maximum atomic E-state index is 4.51. The van der Waals surface area contributed by atoms with Gasteiger partial charge in [-0.15, -0.1) is 11.3 Å². The van der Waals surface area contributed by atoms with Crippen LogP contribution in [0.1, 0.15) is 38.1 Å². The van der Waals surface area contributed by atoms with Crippen LogP contribution in [0, 0.1) is 0 Å². The van der Waals surface area contributed by atoms with Gasteiger partial charge >= 0.3 is 0 Å². The van der Waals surface area contributed by atoms with Crippen LogP contribution in [0.5, 0.6) is 0 Å². The van der Waals surface area contributed by atoms with Crippen LogP contribution in [0.3, 0.4) is 0 Å². The first-order chi connectivity index (χ1) is 8.99. The number of aromatic nitrogens is 2. The average molecular weight is 275 g/mol. The number of thiazole rings is 1. The Hall–Kier alpha value is -1.26.